The lowest BCUT2D eigenvalue weighted by Crippen LogP contribution is -2.06. The predicted octanol–water partition coefficient (Wildman–Crippen LogP) is 3.81. The molecule has 2 aromatic rings. The van der Waals surface area contributed by atoms with Crippen molar-refractivity contribution in [1.29, 1.82) is 0 Å². The van der Waals surface area contributed by atoms with Gasteiger partial charge in [-0.2, -0.15) is 13.2 Å². The van der Waals surface area contributed by atoms with Crippen LogP contribution in [0.3, 0.4) is 0 Å². The average Bonchev–Trinajstić information content (AvgIpc) is 2.55. The zero-order chi connectivity index (χ0) is 12.8. The molecule has 5 heteroatoms. The normalized spacial score (nSPS) is 12.1. The Hall–Kier alpha value is -1.65. The molecule has 2 rings (SSSR count). The van der Waals surface area contributed by atoms with E-state index in [0.717, 1.165) is 5.56 Å². The number of aryl methyl sites for hydroxylation is 2. The number of hydrogen-bond donors (Lipinski definition) is 1. The third-order valence-corrected chi connectivity index (χ3v) is 2.78. The number of fused-ring (bicyclic) bond motifs is 1. The Bertz CT molecular complexity index is 569. The maximum Gasteiger partial charge on any atom is 0.431 e. The van der Waals surface area contributed by atoms with Crippen LogP contribution < -0.4 is 4.74 Å². The van der Waals surface area contributed by atoms with E-state index in [1.165, 1.54) is 14.0 Å². The van der Waals surface area contributed by atoms with Crippen molar-refractivity contribution in [2.45, 2.75) is 20.0 Å². The van der Waals surface area contributed by atoms with Gasteiger partial charge >= 0.3 is 6.18 Å². The van der Waals surface area contributed by atoms with Crippen LogP contribution in [0.15, 0.2) is 12.1 Å². The Balaban J connectivity index is 2.82. The standard InChI is InChI=1S/C12H12F3NO/c1-6-4-8-7(2)11(12(13,14)15)16-10(8)9(5-6)17-3/h4-5,16H,1-3H3. The number of halogens is 3. The molecule has 1 aromatic heterocycles. The number of benzene rings is 1. The van der Waals surface area contributed by atoms with Crippen molar-refractivity contribution in [1.82, 2.24) is 4.98 Å². The van der Waals surface area contributed by atoms with E-state index in [4.69, 9.17) is 4.74 Å². The van der Waals surface area contributed by atoms with Crippen molar-refractivity contribution in [3.05, 3.63) is 29.0 Å². The molecule has 0 saturated heterocycles. The third-order valence-electron chi connectivity index (χ3n) is 2.78. The van der Waals surface area contributed by atoms with E-state index in [9.17, 15) is 13.2 Å². The van der Waals surface area contributed by atoms with E-state index in [2.05, 4.69) is 4.98 Å². The van der Waals surface area contributed by atoms with E-state index < -0.39 is 11.9 Å². The lowest BCUT2D eigenvalue weighted by atomic mass is 10.1. The van der Waals surface area contributed by atoms with E-state index >= 15 is 0 Å². The molecule has 17 heavy (non-hydrogen) atoms. The van der Waals surface area contributed by atoms with Crippen LogP contribution in [0.1, 0.15) is 16.8 Å². The number of rotatable bonds is 1. The summed E-state index contributed by atoms with van der Waals surface area (Å²) in [5, 5.41) is 0.550. The fraction of sp³-hybridized carbons (Fsp3) is 0.333. The van der Waals surface area contributed by atoms with Crippen LogP contribution in [0, 0.1) is 13.8 Å². The molecule has 0 fully saturated rings. The Kier molecular flexibility index (Phi) is 2.56. The predicted molar refractivity (Wildman–Crippen MR) is 59.3 cm³/mol. The molecular formula is C12H12F3NO. The van der Waals surface area contributed by atoms with Crippen LogP contribution in [0.25, 0.3) is 10.9 Å². The summed E-state index contributed by atoms with van der Waals surface area (Å²) in [6, 6.07) is 3.43. The second-order valence-corrected chi connectivity index (χ2v) is 4.01. The summed E-state index contributed by atoms with van der Waals surface area (Å²) < 4.78 is 43.3. The van der Waals surface area contributed by atoms with Crippen molar-refractivity contribution < 1.29 is 17.9 Å². The topological polar surface area (TPSA) is 25.0 Å². The van der Waals surface area contributed by atoms with Gasteiger partial charge in [-0.15, -0.1) is 0 Å². The van der Waals surface area contributed by atoms with Gasteiger partial charge in [0, 0.05) is 5.39 Å². The quantitative estimate of drug-likeness (QED) is 0.809. The van der Waals surface area contributed by atoms with Crippen molar-refractivity contribution in [3.63, 3.8) is 0 Å². The largest absolute Gasteiger partial charge is 0.495 e. The Morgan fingerprint density at radius 1 is 1.18 bits per heavy atom. The van der Waals surface area contributed by atoms with Crippen molar-refractivity contribution in [3.8, 4) is 5.75 Å². The molecule has 0 amide bonds. The highest BCUT2D eigenvalue weighted by Crippen LogP contribution is 2.38. The number of ether oxygens (including phenoxy) is 1. The van der Waals surface area contributed by atoms with Crippen LogP contribution >= 0.6 is 0 Å². The monoisotopic (exact) mass is 243 g/mol. The van der Waals surface area contributed by atoms with Gasteiger partial charge in [0.15, 0.2) is 0 Å². The molecular weight excluding hydrogens is 231 g/mol. The molecule has 0 aliphatic heterocycles. The Morgan fingerprint density at radius 2 is 1.82 bits per heavy atom. The van der Waals surface area contributed by atoms with E-state index in [-0.39, 0.29) is 5.56 Å². The summed E-state index contributed by atoms with van der Waals surface area (Å²) in [7, 11) is 1.44. The van der Waals surface area contributed by atoms with Gasteiger partial charge in [0.2, 0.25) is 0 Å². The van der Waals surface area contributed by atoms with Crippen LogP contribution in [-0.4, -0.2) is 12.1 Å². The minimum absolute atomic E-state index is 0.203. The minimum Gasteiger partial charge on any atom is -0.495 e. The van der Waals surface area contributed by atoms with Gasteiger partial charge < -0.3 is 9.72 Å². The average molecular weight is 243 g/mol. The zero-order valence-corrected chi connectivity index (χ0v) is 9.70. The first-order valence-corrected chi connectivity index (χ1v) is 5.08. The molecule has 1 heterocycles. The number of hydrogen-bond acceptors (Lipinski definition) is 1. The highest BCUT2D eigenvalue weighted by molar-refractivity contribution is 5.90. The smallest absolute Gasteiger partial charge is 0.431 e. The van der Waals surface area contributed by atoms with Crippen molar-refractivity contribution in [2.24, 2.45) is 0 Å². The second-order valence-electron chi connectivity index (χ2n) is 4.01. The van der Waals surface area contributed by atoms with Crippen molar-refractivity contribution >= 4 is 10.9 Å². The van der Waals surface area contributed by atoms with Gasteiger partial charge in [0.25, 0.3) is 0 Å². The minimum atomic E-state index is -4.37. The van der Waals surface area contributed by atoms with Crippen molar-refractivity contribution in [2.75, 3.05) is 7.11 Å². The summed E-state index contributed by atoms with van der Waals surface area (Å²) in [4.78, 5) is 2.40. The van der Waals surface area contributed by atoms with Crippen LogP contribution in [-0.2, 0) is 6.18 Å². The maximum absolute atomic E-state index is 12.8. The molecule has 0 unspecified atom stereocenters. The van der Waals surface area contributed by atoms with E-state index in [1.807, 2.05) is 6.92 Å². The highest BCUT2D eigenvalue weighted by Gasteiger charge is 2.35. The second kappa shape index (κ2) is 3.68. The number of methoxy groups -OCH3 is 1. The summed E-state index contributed by atoms with van der Waals surface area (Å²) in [5.41, 5.74) is 0.749. The molecule has 0 radical (unpaired) electrons. The van der Waals surface area contributed by atoms with Gasteiger partial charge in [-0.25, -0.2) is 0 Å². The first-order valence-electron chi connectivity index (χ1n) is 5.08. The molecule has 0 spiro atoms. The molecule has 1 N–H and O–H groups in total. The maximum atomic E-state index is 12.8. The lowest BCUT2D eigenvalue weighted by molar-refractivity contribution is -0.141. The van der Waals surface area contributed by atoms with Gasteiger partial charge in [-0.1, -0.05) is 0 Å². The zero-order valence-electron chi connectivity index (χ0n) is 9.70. The number of alkyl halides is 3. The van der Waals surface area contributed by atoms with Gasteiger partial charge in [0.05, 0.1) is 12.6 Å². The first-order chi connectivity index (χ1) is 7.84. The van der Waals surface area contributed by atoms with Gasteiger partial charge in [0.1, 0.15) is 11.4 Å². The molecule has 0 atom stereocenters. The lowest BCUT2D eigenvalue weighted by Gasteiger charge is -2.04. The Morgan fingerprint density at radius 3 is 2.35 bits per heavy atom. The van der Waals surface area contributed by atoms with E-state index in [1.54, 1.807) is 12.1 Å². The third kappa shape index (κ3) is 1.85. The molecule has 1 aromatic carbocycles. The number of H-pyrrole nitrogens is 1. The SMILES string of the molecule is COc1cc(C)cc2c(C)c(C(F)(F)F)[nH]c12. The fourth-order valence-electron chi connectivity index (χ4n) is 1.98. The number of nitrogens with one attached hydrogen (secondary N) is 1. The number of aromatic nitrogens is 1. The highest BCUT2D eigenvalue weighted by atomic mass is 19.4. The fourth-order valence-corrected chi connectivity index (χ4v) is 1.98. The summed E-state index contributed by atoms with van der Waals surface area (Å²) in [6.45, 7) is 3.28. The molecule has 0 bridgehead atoms. The van der Waals surface area contributed by atoms with Gasteiger partial charge in [-0.05, 0) is 37.1 Å². The first kappa shape index (κ1) is 11.8. The molecule has 92 valence electrons. The summed E-state index contributed by atoms with van der Waals surface area (Å²) in [5.74, 6) is 0.429. The number of aromatic amines is 1. The van der Waals surface area contributed by atoms with E-state index in [0.29, 0.717) is 16.7 Å². The summed E-state index contributed by atoms with van der Waals surface area (Å²) >= 11 is 0. The Labute approximate surface area is 96.4 Å². The molecule has 2 nitrogen and oxygen atoms in total. The molecule has 0 aliphatic rings. The van der Waals surface area contributed by atoms with Crippen LogP contribution in [0.2, 0.25) is 0 Å². The van der Waals surface area contributed by atoms with Crippen LogP contribution in [0.5, 0.6) is 5.75 Å². The van der Waals surface area contributed by atoms with Crippen LogP contribution in [0.4, 0.5) is 13.2 Å². The van der Waals surface area contributed by atoms with Gasteiger partial charge in [-0.3, -0.25) is 0 Å². The molecule has 0 aliphatic carbocycles. The molecule has 0 saturated carbocycles. The summed E-state index contributed by atoms with van der Waals surface area (Å²) in [6.07, 6.45) is -4.37.